The fourth-order valence-electron chi connectivity index (χ4n) is 3.78. The number of aryl methyl sites for hydroxylation is 1. The third-order valence-corrected chi connectivity index (χ3v) is 4.88. The topological polar surface area (TPSA) is 18.5 Å². The van der Waals surface area contributed by atoms with Gasteiger partial charge in [-0.05, 0) is 51.0 Å². The maximum Gasteiger partial charge on any atom is 0.169 e. The molecule has 1 spiro atoms. The molecule has 0 aromatic heterocycles. The van der Waals surface area contributed by atoms with Crippen molar-refractivity contribution in [2.75, 3.05) is 0 Å². The fourth-order valence-corrected chi connectivity index (χ4v) is 3.78. The van der Waals surface area contributed by atoms with Gasteiger partial charge in [-0.25, -0.2) is 0 Å². The number of hydrogen-bond donors (Lipinski definition) is 0. The molecule has 0 N–H and O–H groups in total. The Morgan fingerprint density at radius 1 is 1.09 bits per heavy atom. The molecule has 0 aliphatic carbocycles. The van der Waals surface area contributed by atoms with Crippen molar-refractivity contribution in [3.05, 3.63) is 48.0 Å². The molecule has 2 heterocycles. The summed E-state index contributed by atoms with van der Waals surface area (Å²) >= 11 is 0. The lowest BCUT2D eigenvalue weighted by Gasteiger charge is -2.45. The zero-order valence-corrected chi connectivity index (χ0v) is 13.7. The Kier molecular flexibility index (Phi) is 5.32. The molecule has 2 aliphatic rings. The smallest absolute Gasteiger partial charge is 0.169 e. The minimum Gasteiger partial charge on any atom is -0.347 e. The van der Waals surface area contributed by atoms with Gasteiger partial charge in [0.25, 0.3) is 0 Å². The van der Waals surface area contributed by atoms with E-state index in [2.05, 4.69) is 49.4 Å². The molecular weight excluding hydrogens is 272 g/mol. The molecule has 1 aromatic carbocycles. The number of rotatable bonds is 4. The Bertz CT molecular complexity index is 478. The molecule has 0 saturated carbocycles. The van der Waals surface area contributed by atoms with Gasteiger partial charge in [-0.1, -0.05) is 42.5 Å². The van der Waals surface area contributed by atoms with Crippen molar-refractivity contribution in [2.45, 2.75) is 76.3 Å². The lowest BCUT2D eigenvalue weighted by atomic mass is 9.91. The van der Waals surface area contributed by atoms with Gasteiger partial charge in [0.05, 0.1) is 12.2 Å². The average molecular weight is 300 g/mol. The Morgan fingerprint density at radius 2 is 1.86 bits per heavy atom. The number of hydrogen-bond acceptors (Lipinski definition) is 2. The Hall–Kier alpha value is -1.12. The van der Waals surface area contributed by atoms with E-state index in [-0.39, 0.29) is 11.9 Å². The Labute approximate surface area is 134 Å². The summed E-state index contributed by atoms with van der Waals surface area (Å²) in [7, 11) is 0. The van der Waals surface area contributed by atoms with Gasteiger partial charge in [0, 0.05) is 12.8 Å². The van der Waals surface area contributed by atoms with E-state index in [1.165, 1.54) is 24.8 Å². The second-order valence-electron chi connectivity index (χ2n) is 6.64. The monoisotopic (exact) mass is 300 g/mol. The largest absolute Gasteiger partial charge is 0.347 e. The fraction of sp³-hybridized carbons (Fsp3) is 0.600. The number of ether oxygens (including phenoxy) is 2. The van der Waals surface area contributed by atoms with Gasteiger partial charge in [-0.2, -0.15) is 0 Å². The quantitative estimate of drug-likeness (QED) is 0.726. The first kappa shape index (κ1) is 15.8. The third kappa shape index (κ3) is 3.99. The van der Waals surface area contributed by atoms with E-state index in [0.717, 1.165) is 32.1 Å². The van der Waals surface area contributed by atoms with Gasteiger partial charge < -0.3 is 9.47 Å². The van der Waals surface area contributed by atoms with Crippen LogP contribution in [0.1, 0.15) is 57.4 Å². The molecule has 0 unspecified atom stereocenters. The van der Waals surface area contributed by atoms with Crippen molar-refractivity contribution in [2.24, 2.45) is 0 Å². The van der Waals surface area contributed by atoms with Crippen molar-refractivity contribution in [3.63, 3.8) is 0 Å². The van der Waals surface area contributed by atoms with Crippen LogP contribution in [0.5, 0.6) is 0 Å². The van der Waals surface area contributed by atoms with Crippen LogP contribution in [0.4, 0.5) is 0 Å². The van der Waals surface area contributed by atoms with Crippen LogP contribution in [0.15, 0.2) is 42.5 Å². The van der Waals surface area contributed by atoms with Crippen LogP contribution in [0.2, 0.25) is 0 Å². The standard InChI is InChI=1S/C20H28O2/c1-2-8-18-11-6-15-20(21-18)16-7-12-19(22-20)14-13-17-9-4-3-5-10-17/h2-5,8-10,18-19H,6-7,11-16H2,1H3/b8-2+/t18-,19-,20-/m0/s1. The van der Waals surface area contributed by atoms with Crippen molar-refractivity contribution in [3.8, 4) is 0 Å². The lowest BCUT2D eigenvalue weighted by Crippen LogP contribution is -2.47. The van der Waals surface area contributed by atoms with Gasteiger partial charge in [-0.3, -0.25) is 0 Å². The molecule has 2 heteroatoms. The molecule has 0 radical (unpaired) electrons. The number of benzene rings is 1. The summed E-state index contributed by atoms with van der Waals surface area (Å²) in [6, 6.07) is 10.7. The molecule has 120 valence electrons. The maximum absolute atomic E-state index is 6.46. The van der Waals surface area contributed by atoms with Crippen molar-refractivity contribution in [1.82, 2.24) is 0 Å². The molecule has 2 aliphatic heterocycles. The second-order valence-corrected chi connectivity index (χ2v) is 6.64. The van der Waals surface area contributed by atoms with E-state index in [9.17, 15) is 0 Å². The number of allylic oxidation sites excluding steroid dienone is 1. The normalized spacial score (nSPS) is 32.6. The van der Waals surface area contributed by atoms with Crippen LogP contribution in [-0.2, 0) is 15.9 Å². The molecule has 0 bridgehead atoms. The molecule has 3 rings (SSSR count). The predicted octanol–water partition coefficient (Wildman–Crippen LogP) is 5.03. The van der Waals surface area contributed by atoms with E-state index in [1.54, 1.807) is 0 Å². The summed E-state index contributed by atoms with van der Waals surface area (Å²) in [6.45, 7) is 2.06. The molecular formula is C20H28O2. The first-order valence-electron chi connectivity index (χ1n) is 8.82. The van der Waals surface area contributed by atoms with Crippen LogP contribution in [-0.4, -0.2) is 18.0 Å². The summed E-state index contributed by atoms with van der Waals surface area (Å²) < 4.78 is 12.8. The second kappa shape index (κ2) is 7.43. The van der Waals surface area contributed by atoms with Gasteiger partial charge in [0.15, 0.2) is 5.79 Å². The summed E-state index contributed by atoms with van der Waals surface area (Å²) in [6.07, 6.45) is 13.9. The van der Waals surface area contributed by atoms with Crippen molar-refractivity contribution >= 4 is 0 Å². The highest BCUT2D eigenvalue weighted by atomic mass is 16.7. The third-order valence-electron chi connectivity index (χ3n) is 4.88. The highest BCUT2D eigenvalue weighted by Crippen LogP contribution is 2.40. The lowest BCUT2D eigenvalue weighted by molar-refractivity contribution is -0.308. The molecule has 3 atom stereocenters. The minimum atomic E-state index is -0.304. The Morgan fingerprint density at radius 3 is 2.64 bits per heavy atom. The molecule has 22 heavy (non-hydrogen) atoms. The maximum atomic E-state index is 6.46. The van der Waals surface area contributed by atoms with Crippen LogP contribution in [0.3, 0.4) is 0 Å². The van der Waals surface area contributed by atoms with Crippen LogP contribution in [0, 0.1) is 0 Å². The first-order valence-corrected chi connectivity index (χ1v) is 8.82. The summed E-state index contributed by atoms with van der Waals surface area (Å²) in [5.74, 6) is -0.304. The van der Waals surface area contributed by atoms with Crippen molar-refractivity contribution < 1.29 is 9.47 Å². The predicted molar refractivity (Wildman–Crippen MR) is 89.8 cm³/mol. The summed E-state index contributed by atoms with van der Waals surface area (Å²) in [4.78, 5) is 0. The molecule has 1 aromatic rings. The zero-order chi connectivity index (χ0) is 15.3. The van der Waals surface area contributed by atoms with Gasteiger partial charge >= 0.3 is 0 Å². The van der Waals surface area contributed by atoms with E-state index in [1.807, 2.05) is 0 Å². The first-order chi connectivity index (χ1) is 10.8. The van der Waals surface area contributed by atoms with E-state index in [0.29, 0.717) is 6.10 Å². The van der Waals surface area contributed by atoms with Crippen LogP contribution >= 0.6 is 0 Å². The molecule has 0 amide bonds. The van der Waals surface area contributed by atoms with E-state index >= 15 is 0 Å². The van der Waals surface area contributed by atoms with Gasteiger partial charge in [-0.15, -0.1) is 0 Å². The SMILES string of the molecule is C/C=C/[C@H]1CCC[C@]2(CCC[C@@H](CCc3ccccc3)O2)O1. The molecule has 2 fully saturated rings. The summed E-state index contributed by atoms with van der Waals surface area (Å²) in [5, 5.41) is 0. The average Bonchev–Trinajstić information content (AvgIpc) is 2.55. The minimum absolute atomic E-state index is 0.242. The highest BCUT2D eigenvalue weighted by Gasteiger charge is 2.41. The van der Waals surface area contributed by atoms with Crippen molar-refractivity contribution in [1.29, 1.82) is 0 Å². The van der Waals surface area contributed by atoms with E-state index < -0.39 is 0 Å². The molecule has 2 saturated heterocycles. The zero-order valence-electron chi connectivity index (χ0n) is 13.7. The Balaban J connectivity index is 1.56. The molecule has 2 nitrogen and oxygen atoms in total. The van der Waals surface area contributed by atoms with Gasteiger partial charge in [0.1, 0.15) is 0 Å². The summed E-state index contributed by atoms with van der Waals surface area (Å²) in [5.41, 5.74) is 1.40. The highest BCUT2D eigenvalue weighted by molar-refractivity contribution is 5.14. The van der Waals surface area contributed by atoms with Gasteiger partial charge in [0.2, 0.25) is 0 Å². The van der Waals surface area contributed by atoms with Crippen LogP contribution < -0.4 is 0 Å². The van der Waals surface area contributed by atoms with Crippen LogP contribution in [0.25, 0.3) is 0 Å². The van der Waals surface area contributed by atoms with E-state index in [4.69, 9.17) is 9.47 Å².